The highest BCUT2D eigenvalue weighted by molar-refractivity contribution is 5.96. The standard InChI is InChI=1S/C26H36N6O4/c1-2-31(22-23(27)32(26(36)28-24(22)34)17-19-9-5-3-6-10-19)21(33)18-29-13-15-30(16-14-29)25(35)20-11-7-4-8-12-20/h3,5-6,9-10,20H,2,4,7-8,11-18,27H2,1H3,(H,28,34,36). The highest BCUT2D eigenvalue weighted by atomic mass is 16.2. The number of carbonyl (C=O) groups excluding carboxylic acids is 2. The molecule has 4 rings (SSSR count). The molecular formula is C26H36N6O4. The highest BCUT2D eigenvalue weighted by Gasteiger charge is 2.30. The zero-order valence-electron chi connectivity index (χ0n) is 20.9. The molecule has 0 bridgehead atoms. The summed E-state index contributed by atoms with van der Waals surface area (Å²) in [5.74, 6) is 0.0805. The minimum atomic E-state index is -0.681. The van der Waals surface area contributed by atoms with Gasteiger partial charge in [-0.05, 0) is 25.3 Å². The molecule has 2 heterocycles. The average Bonchev–Trinajstić information content (AvgIpc) is 2.90. The van der Waals surface area contributed by atoms with Gasteiger partial charge in [-0.2, -0.15) is 0 Å². The van der Waals surface area contributed by atoms with Gasteiger partial charge >= 0.3 is 5.69 Å². The molecule has 2 aliphatic rings. The first-order chi connectivity index (χ1) is 17.4. The maximum atomic E-state index is 13.3. The van der Waals surface area contributed by atoms with Gasteiger partial charge in [0.15, 0.2) is 5.69 Å². The second-order valence-corrected chi connectivity index (χ2v) is 9.64. The van der Waals surface area contributed by atoms with Gasteiger partial charge in [-0.25, -0.2) is 4.79 Å². The second kappa shape index (κ2) is 11.6. The summed E-state index contributed by atoms with van der Waals surface area (Å²) in [4.78, 5) is 58.9. The lowest BCUT2D eigenvalue weighted by Gasteiger charge is -2.37. The molecule has 2 amide bonds. The van der Waals surface area contributed by atoms with Crippen LogP contribution >= 0.6 is 0 Å². The van der Waals surface area contributed by atoms with Crippen molar-refractivity contribution in [1.82, 2.24) is 19.4 Å². The number of likely N-dealkylation sites (N-methyl/N-ethyl adjacent to an activating group) is 1. The van der Waals surface area contributed by atoms with Crippen molar-refractivity contribution in [2.75, 3.05) is 49.9 Å². The summed E-state index contributed by atoms with van der Waals surface area (Å²) < 4.78 is 1.28. The van der Waals surface area contributed by atoms with Crippen LogP contribution in [0.2, 0.25) is 0 Å². The first-order valence-corrected chi connectivity index (χ1v) is 12.9. The molecule has 1 saturated heterocycles. The van der Waals surface area contributed by atoms with E-state index in [4.69, 9.17) is 5.73 Å². The van der Waals surface area contributed by atoms with E-state index in [1.807, 2.05) is 40.1 Å². The Bertz CT molecular complexity index is 1180. The van der Waals surface area contributed by atoms with Crippen LogP contribution in [0, 0.1) is 5.92 Å². The minimum absolute atomic E-state index is 0.0101. The monoisotopic (exact) mass is 496 g/mol. The number of hydrogen-bond donors (Lipinski definition) is 2. The van der Waals surface area contributed by atoms with Crippen LogP contribution in [-0.4, -0.2) is 70.4 Å². The van der Waals surface area contributed by atoms with Gasteiger partial charge in [-0.15, -0.1) is 0 Å². The Balaban J connectivity index is 1.43. The first-order valence-electron chi connectivity index (χ1n) is 12.9. The predicted molar refractivity (Wildman–Crippen MR) is 139 cm³/mol. The average molecular weight is 497 g/mol. The molecule has 3 N–H and O–H groups in total. The Morgan fingerprint density at radius 2 is 1.69 bits per heavy atom. The largest absolute Gasteiger partial charge is 0.383 e. The molecule has 2 aromatic rings. The molecular weight excluding hydrogens is 460 g/mol. The summed E-state index contributed by atoms with van der Waals surface area (Å²) in [6.45, 7) is 4.68. The number of nitrogens with two attached hydrogens (primary N) is 1. The molecule has 1 aliphatic carbocycles. The maximum Gasteiger partial charge on any atom is 0.330 e. The summed E-state index contributed by atoms with van der Waals surface area (Å²) >= 11 is 0. The zero-order valence-corrected chi connectivity index (χ0v) is 20.9. The van der Waals surface area contributed by atoms with Crippen molar-refractivity contribution < 1.29 is 9.59 Å². The predicted octanol–water partition coefficient (Wildman–Crippen LogP) is 1.24. The van der Waals surface area contributed by atoms with Crippen LogP contribution in [-0.2, 0) is 16.1 Å². The molecule has 1 aromatic heterocycles. The third kappa shape index (κ3) is 5.70. The number of nitrogen functional groups attached to an aromatic ring is 1. The van der Waals surface area contributed by atoms with E-state index in [1.54, 1.807) is 6.92 Å². The Morgan fingerprint density at radius 1 is 1.03 bits per heavy atom. The van der Waals surface area contributed by atoms with Crippen molar-refractivity contribution in [3.63, 3.8) is 0 Å². The SMILES string of the molecule is CCN(C(=O)CN1CCN(C(=O)C2CCCCC2)CC1)c1c(N)n(Cc2ccccc2)c(=O)[nH]c1=O. The third-order valence-electron chi connectivity index (χ3n) is 7.28. The fraction of sp³-hybridized carbons (Fsp3) is 0.538. The van der Waals surface area contributed by atoms with Crippen molar-refractivity contribution in [1.29, 1.82) is 0 Å². The first kappa shape index (κ1) is 25.7. The van der Waals surface area contributed by atoms with Crippen molar-refractivity contribution in [2.24, 2.45) is 5.92 Å². The molecule has 1 aromatic carbocycles. The van der Waals surface area contributed by atoms with Crippen molar-refractivity contribution in [3.8, 4) is 0 Å². The summed E-state index contributed by atoms with van der Waals surface area (Å²) in [7, 11) is 0. The van der Waals surface area contributed by atoms with Crippen molar-refractivity contribution in [2.45, 2.75) is 45.6 Å². The molecule has 10 nitrogen and oxygen atoms in total. The fourth-order valence-corrected chi connectivity index (χ4v) is 5.23. The number of nitrogens with zero attached hydrogens (tertiary/aromatic N) is 4. The van der Waals surface area contributed by atoms with Crippen LogP contribution in [0.25, 0.3) is 0 Å². The number of H-pyrrole nitrogens is 1. The van der Waals surface area contributed by atoms with E-state index in [2.05, 4.69) is 4.98 Å². The molecule has 36 heavy (non-hydrogen) atoms. The van der Waals surface area contributed by atoms with Gasteiger partial charge in [-0.1, -0.05) is 49.6 Å². The number of aromatic amines is 1. The second-order valence-electron chi connectivity index (χ2n) is 9.64. The molecule has 0 unspecified atom stereocenters. The van der Waals surface area contributed by atoms with Crippen LogP contribution in [0.3, 0.4) is 0 Å². The number of nitrogens with one attached hydrogen (secondary N) is 1. The highest BCUT2D eigenvalue weighted by Crippen LogP contribution is 2.26. The van der Waals surface area contributed by atoms with Crippen LogP contribution in [0.4, 0.5) is 11.5 Å². The summed E-state index contributed by atoms with van der Waals surface area (Å²) in [6, 6.07) is 9.30. The minimum Gasteiger partial charge on any atom is -0.383 e. The Morgan fingerprint density at radius 3 is 2.33 bits per heavy atom. The Hall–Kier alpha value is -3.40. The molecule has 2 fully saturated rings. The number of carbonyl (C=O) groups is 2. The number of rotatable bonds is 7. The van der Waals surface area contributed by atoms with Gasteiger partial charge in [0.1, 0.15) is 5.82 Å². The fourth-order valence-electron chi connectivity index (χ4n) is 5.23. The number of benzene rings is 1. The third-order valence-corrected chi connectivity index (χ3v) is 7.28. The quantitative estimate of drug-likeness (QED) is 0.594. The lowest BCUT2D eigenvalue weighted by atomic mass is 9.88. The lowest BCUT2D eigenvalue weighted by molar-refractivity contribution is -0.138. The Labute approximate surface area is 210 Å². The van der Waals surface area contributed by atoms with Gasteiger partial charge < -0.3 is 15.5 Å². The van der Waals surface area contributed by atoms with Crippen LogP contribution in [0.15, 0.2) is 39.9 Å². The molecule has 10 heteroatoms. The van der Waals surface area contributed by atoms with Crippen LogP contribution < -0.4 is 21.9 Å². The van der Waals surface area contributed by atoms with Gasteiger partial charge in [0.05, 0.1) is 13.1 Å². The molecule has 1 saturated carbocycles. The van der Waals surface area contributed by atoms with Crippen molar-refractivity contribution >= 4 is 23.3 Å². The summed E-state index contributed by atoms with van der Waals surface area (Å²) in [6.07, 6.45) is 5.42. The molecule has 0 atom stereocenters. The summed E-state index contributed by atoms with van der Waals surface area (Å²) in [5.41, 5.74) is 5.83. The zero-order chi connectivity index (χ0) is 25.7. The Kier molecular flexibility index (Phi) is 8.25. The van der Waals surface area contributed by atoms with Crippen LogP contribution in [0.5, 0.6) is 0 Å². The van der Waals surface area contributed by atoms with E-state index >= 15 is 0 Å². The van der Waals surface area contributed by atoms with E-state index in [0.717, 1.165) is 31.2 Å². The molecule has 0 spiro atoms. The van der Waals surface area contributed by atoms with Crippen molar-refractivity contribution in [3.05, 3.63) is 56.7 Å². The van der Waals surface area contributed by atoms with Gasteiger partial charge in [0, 0.05) is 38.6 Å². The molecule has 194 valence electrons. The number of anilines is 2. The van der Waals surface area contributed by atoms with E-state index in [1.165, 1.54) is 15.9 Å². The van der Waals surface area contributed by atoms with Crippen LogP contribution in [0.1, 0.15) is 44.6 Å². The topological polar surface area (TPSA) is 125 Å². The van der Waals surface area contributed by atoms with E-state index in [0.29, 0.717) is 26.2 Å². The lowest BCUT2D eigenvalue weighted by Crippen LogP contribution is -2.53. The maximum absolute atomic E-state index is 13.3. The van der Waals surface area contributed by atoms with E-state index in [-0.39, 0.29) is 48.9 Å². The molecule has 1 aliphatic heterocycles. The van der Waals surface area contributed by atoms with E-state index < -0.39 is 11.2 Å². The smallest absolute Gasteiger partial charge is 0.330 e. The van der Waals surface area contributed by atoms with E-state index in [9.17, 15) is 19.2 Å². The number of amides is 2. The number of hydrogen-bond acceptors (Lipinski definition) is 6. The van der Waals surface area contributed by atoms with Gasteiger partial charge in [0.25, 0.3) is 5.56 Å². The van der Waals surface area contributed by atoms with Gasteiger partial charge in [-0.3, -0.25) is 28.8 Å². The van der Waals surface area contributed by atoms with Gasteiger partial charge in [0.2, 0.25) is 11.8 Å². The normalized spacial score (nSPS) is 17.2. The number of aromatic nitrogens is 2. The number of piperazine rings is 1. The molecule has 0 radical (unpaired) electrons. The summed E-state index contributed by atoms with van der Waals surface area (Å²) in [5, 5.41) is 0.